The fourth-order valence-electron chi connectivity index (χ4n) is 4.88. The predicted octanol–water partition coefficient (Wildman–Crippen LogP) is 4.10. The number of carbonyl (C=O) groups excluding carboxylic acids is 4. The molecular formula is C32H38N4O9S. The molecule has 0 atom stereocenters. The van der Waals surface area contributed by atoms with E-state index < -0.39 is 34.0 Å². The molecule has 1 aromatic heterocycles. The van der Waals surface area contributed by atoms with E-state index in [0.29, 0.717) is 46.6 Å². The number of amides is 3. The van der Waals surface area contributed by atoms with E-state index in [2.05, 4.69) is 5.32 Å². The first-order chi connectivity index (χ1) is 21.8. The number of nitrogens with zero attached hydrogens (tertiary/aromatic N) is 2. The molecule has 1 aliphatic rings. The number of alkyl carbamates (subject to hydrolysis) is 1. The minimum absolute atomic E-state index is 0.103. The molecule has 3 aromatic rings. The van der Waals surface area contributed by atoms with Gasteiger partial charge in [-0.2, -0.15) is 8.42 Å². The molecule has 0 spiro atoms. The fourth-order valence-corrected chi connectivity index (χ4v) is 5.89. The summed E-state index contributed by atoms with van der Waals surface area (Å²) in [5, 5.41) is 2.46. The number of carbonyl (C=O) groups is 4. The molecule has 2 aromatic carbocycles. The summed E-state index contributed by atoms with van der Waals surface area (Å²) < 4.78 is 45.0. The van der Waals surface area contributed by atoms with Gasteiger partial charge in [-0.05, 0) is 62.3 Å². The second-order valence-corrected chi connectivity index (χ2v) is 13.2. The zero-order valence-electron chi connectivity index (χ0n) is 25.9. The average molecular weight is 655 g/mol. The molecule has 46 heavy (non-hydrogen) atoms. The molecule has 0 bridgehead atoms. The van der Waals surface area contributed by atoms with Crippen LogP contribution in [0.4, 0.5) is 9.59 Å². The quantitative estimate of drug-likeness (QED) is 0.242. The van der Waals surface area contributed by atoms with E-state index in [-0.39, 0.29) is 37.3 Å². The Morgan fingerprint density at radius 1 is 0.826 bits per heavy atom. The minimum Gasteiger partial charge on any atom is -0.456 e. The standard InChI is InChI=1S/C32H38N4O9S/c1-32(2,3)45-30(39)33-20-27(37)35-17-14-25(15-18-35)26-16-19-36(28(26)29(38)43-21-23-10-6-4-7-11-23)46(41,42)34-31(40)44-22-24-12-8-5-9-13-24/h4-13,16,19,25H,14-15,17-18,20-22H2,1-3H3,(H,33,39)(H,34,40). The summed E-state index contributed by atoms with van der Waals surface area (Å²) in [6, 6.07) is 19.1. The highest BCUT2D eigenvalue weighted by Crippen LogP contribution is 2.32. The average Bonchev–Trinajstić information content (AvgIpc) is 3.48. The third-order valence-electron chi connectivity index (χ3n) is 7.04. The van der Waals surface area contributed by atoms with Crippen molar-refractivity contribution in [2.45, 2.75) is 58.3 Å². The van der Waals surface area contributed by atoms with E-state index in [1.807, 2.05) is 10.8 Å². The van der Waals surface area contributed by atoms with Crippen molar-refractivity contribution in [1.29, 1.82) is 0 Å². The number of likely N-dealkylation sites (tertiary alicyclic amines) is 1. The van der Waals surface area contributed by atoms with Gasteiger partial charge in [0.1, 0.15) is 31.1 Å². The first kappa shape index (κ1) is 34.0. The summed E-state index contributed by atoms with van der Waals surface area (Å²) in [4.78, 5) is 52.2. The highest BCUT2D eigenvalue weighted by atomic mass is 32.2. The third-order valence-corrected chi connectivity index (χ3v) is 8.29. The number of ether oxygens (including phenoxy) is 3. The highest BCUT2D eigenvalue weighted by molar-refractivity contribution is 7.88. The van der Waals surface area contributed by atoms with Gasteiger partial charge in [0.2, 0.25) is 5.91 Å². The minimum atomic E-state index is -4.62. The molecule has 0 radical (unpaired) electrons. The Kier molecular flexibility index (Phi) is 11.1. The van der Waals surface area contributed by atoms with Crippen LogP contribution in [0, 0.1) is 0 Å². The van der Waals surface area contributed by atoms with Crippen LogP contribution < -0.4 is 10.0 Å². The summed E-state index contributed by atoms with van der Waals surface area (Å²) in [5.41, 5.74) is 0.810. The molecule has 2 heterocycles. The third kappa shape index (κ3) is 9.57. The fraction of sp³-hybridized carbons (Fsp3) is 0.375. The molecule has 1 saturated heterocycles. The number of rotatable bonds is 10. The van der Waals surface area contributed by atoms with Gasteiger partial charge in [0.15, 0.2) is 0 Å². The Hall–Kier alpha value is -4.85. The van der Waals surface area contributed by atoms with Gasteiger partial charge in [-0.3, -0.25) is 4.79 Å². The van der Waals surface area contributed by atoms with Gasteiger partial charge in [0.25, 0.3) is 0 Å². The molecular weight excluding hydrogens is 616 g/mol. The molecule has 246 valence electrons. The molecule has 4 rings (SSSR count). The van der Waals surface area contributed by atoms with Crippen molar-refractivity contribution in [2.75, 3.05) is 19.6 Å². The Balaban J connectivity index is 1.47. The molecule has 0 aliphatic carbocycles. The number of piperidine rings is 1. The van der Waals surface area contributed by atoms with Crippen molar-refractivity contribution in [1.82, 2.24) is 18.9 Å². The lowest BCUT2D eigenvalue weighted by Crippen LogP contribution is -2.44. The molecule has 13 nitrogen and oxygen atoms in total. The van der Waals surface area contributed by atoms with Crippen molar-refractivity contribution >= 4 is 34.3 Å². The van der Waals surface area contributed by atoms with E-state index in [0.717, 1.165) is 0 Å². The van der Waals surface area contributed by atoms with Crippen LogP contribution in [0.25, 0.3) is 0 Å². The van der Waals surface area contributed by atoms with Crippen LogP contribution in [0.15, 0.2) is 72.9 Å². The first-order valence-electron chi connectivity index (χ1n) is 14.7. The van der Waals surface area contributed by atoms with Gasteiger partial charge in [-0.1, -0.05) is 60.7 Å². The van der Waals surface area contributed by atoms with Crippen LogP contribution in [0.5, 0.6) is 0 Å². The van der Waals surface area contributed by atoms with Gasteiger partial charge in [0, 0.05) is 19.3 Å². The Labute approximate surface area is 268 Å². The largest absolute Gasteiger partial charge is 0.456 e. The summed E-state index contributed by atoms with van der Waals surface area (Å²) in [6.07, 6.45) is 0.0920. The van der Waals surface area contributed by atoms with Crippen molar-refractivity contribution in [3.63, 3.8) is 0 Å². The smallest absolute Gasteiger partial charge is 0.422 e. The second kappa shape index (κ2) is 15.0. The number of esters is 1. The number of hydrogen-bond donors (Lipinski definition) is 2. The zero-order valence-corrected chi connectivity index (χ0v) is 26.7. The molecule has 1 fully saturated rings. The number of nitrogens with one attached hydrogen (secondary N) is 2. The molecule has 14 heteroatoms. The lowest BCUT2D eigenvalue weighted by atomic mass is 9.89. The van der Waals surface area contributed by atoms with Crippen LogP contribution in [0.3, 0.4) is 0 Å². The van der Waals surface area contributed by atoms with Gasteiger partial charge >= 0.3 is 28.4 Å². The lowest BCUT2D eigenvalue weighted by Gasteiger charge is -2.32. The van der Waals surface area contributed by atoms with Gasteiger partial charge < -0.3 is 24.4 Å². The van der Waals surface area contributed by atoms with Crippen LogP contribution >= 0.6 is 0 Å². The maximum absolute atomic E-state index is 13.5. The van der Waals surface area contributed by atoms with Crippen LogP contribution in [-0.4, -0.2) is 66.6 Å². The summed E-state index contributed by atoms with van der Waals surface area (Å²) in [7, 11) is -4.62. The SMILES string of the molecule is CC(C)(C)OC(=O)NCC(=O)N1CCC(c2ccn(S(=O)(=O)NC(=O)OCc3ccccc3)c2C(=O)OCc2ccccc2)CC1. The summed E-state index contributed by atoms with van der Waals surface area (Å²) >= 11 is 0. The van der Waals surface area contributed by atoms with Gasteiger partial charge in [-0.25, -0.2) is 23.1 Å². The normalized spacial score (nSPS) is 13.8. The second-order valence-electron chi connectivity index (χ2n) is 11.7. The Morgan fingerprint density at radius 2 is 1.39 bits per heavy atom. The topological polar surface area (TPSA) is 162 Å². The Bertz CT molecular complexity index is 1630. The number of aromatic nitrogens is 1. The van der Waals surface area contributed by atoms with Crippen molar-refractivity contribution in [3.8, 4) is 0 Å². The van der Waals surface area contributed by atoms with Gasteiger partial charge in [0.05, 0.1) is 0 Å². The van der Waals surface area contributed by atoms with Crippen molar-refractivity contribution in [2.24, 2.45) is 0 Å². The van der Waals surface area contributed by atoms with Crippen LogP contribution in [0.2, 0.25) is 0 Å². The maximum Gasteiger partial charge on any atom is 0.422 e. The highest BCUT2D eigenvalue weighted by Gasteiger charge is 2.33. The Morgan fingerprint density at radius 3 is 1.96 bits per heavy atom. The molecule has 0 unspecified atom stereocenters. The van der Waals surface area contributed by atoms with E-state index >= 15 is 0 Å². The van der Waals surface area contributed by atoms with E-state index in [1.165, 1.54) is 12.3 Å². The summed E-state index contributed by atoms with van der Waals surface area (Å²) in [5.74, 6) is -1.50. The predicted molar refractivity (Wildman–Crippen MR) is 167 cm³/mol. The molecule has 3 amide bonds. The monoisotopic (exact) mass is 654 g/mol. The van der Waals surface area contributed by atoms with E-state index in [4.69, 9.17) is 14.2 Å². The summed E-state index contributed by atoms with van der Waals surface area (Å²) in [6.45, 7) is 5.27. The van der Waals surface area contributed by atoms with E-state index in [1.54, 1.807) is 80.3 Å². The number of hydrogen-bond acceptors (Lipinski definition) is 9. The van der Waals surface area contributed by atoms with Crippen molar-refractivity contribution in [3.05, 3.63) is 95.3 Å². The van der Waals surface area contributed by atoms with E-state index in [9.17, 15) is 27.6 Å². The zero-order chi connectivity index (χ0) is 33.3. The van der Waals surface area contributed by atoms with Crippen LogP contribution in [-0.2, 0) is 42.4 Å². The maximum atomic E-state index is 13.5. The molecule has 2 N–H and O–H groups in total. The molecule has 1 aliphatic heterocycles. The molecule has 0 saturated carbocycles. The van der Waals surface area contributed by atoms with Crippen LogP contribution in [0.1, 0.15) is 66.7 Å². The number of benzene rings is 2. The lowest BCUT2D eigenvalue weighted by molar-refractivity contribution is -0.131. The first-order valence-corrected chi connectivity index (χ1v) is 16.2. The van der Waals surface area contributed by atoms with Gasteiger partial charge in [-0.15, -0.1) is 0 Å². The van der Waals surface area contributed by atoms with Crippen molar-refractivity contribution < 1.29 is 41.8 Å².